The van der Waals surface area contributed by atoms with Gasteiger partial charge in [0.2, 0.25) is 15.9 Å². The van der Waals surface area contributed by atoms with Gasteiger partial charge in [0, 0.05) is 18.7 Å². The summed E-state index contributed by atoms with van der Waals surface area (Å²) < 4.78 is 26.9. The normalized spacial score (nSPS) is 14.2. The number of fused-ring (bicyclic) bond motifs is 1. The summed E-state index contributed by atoms with van der Waals surface area (Å²) >= 11 is 0. The molecule has 3 rings (SSSR count). The predicted molar refractivity (Wildman–Crippen MR) is 89.3 cm³/mol. The summed E-state index contributed by atoms with van der Waals surface area (Å²) in [5.74, 6) is -0.0108. The Kier molecular flexibility index (Phi) is 4.45. The van der Waals surface area contributed by atoms with Crippen molar-refractivity contribution in [3.05, 3.63) is 65.2 Å². The molecule has 2 aromatic carbocycles. The molecule has 6 heteroatoms. The van der Waals surface area contributed by atoms with Gasteiger partial charge < -0.3 is 5.32 Å². The molecule has 0 bridgehead atoms. The fourth-order valence-corrected chi connectivity index (χ4v) is 3.70. The number of rotatable bonds is 5. The van der Waals surface area contributed by atoms with Crippen molar-refractivity contribution in [3.63, 3.8) is 0 Å². The van der Waals surface area contributed by atoms with Gasteiger partial charge in [-0.25, -0.2) is 13.1 Å². The zero-order valence-electron chi connectivity index (χ0n) is 12.6. The second kappa shape index (κ2) is 6.52. The van der Waals surface area contributed by atoms with Crippen LogP contribution in [0.15, 0.2) is 48.5 Å². The highest BCUT2D eigenvalue weighted by Gasteiger charge is 2.16. The van der Waals surface area contributed by atoms with Gasteiger partial charge in [0.15, 0.2) is 0 Å². The van der Waals surface area contributed by atoms with E-state index in [0.717, 1.165) is 22.4 Å². The van der Waals surface area contributed by atoms with E-state index in [2.05, 4.69) is 10.0 Å². The molecular weight excluding hydrogens is 312 g/mol. The molecule has 1 amide bonds. The lowest BCUT2D eigenvalue weighted by Crippen LogP contribution is -2.25. The lowest BCUT2D eigenvalue weighted by Gasteiger charge is -2.17. The fourth-order valence-electron chi connectivity index (χ4n) is 2.58. The molecule has 2 aromatic rings. The second-order valence-corrected chi connectivity index (χ2v) is 7.41. The van der Waals surface area contributed by atoms with Gasteiger partial charge in [-0.1, -0.05) is 42.5 Å². The van der Waals surface area contributed by atoms with Gasteiger partial charge in [-0.05, 0) is 29.2 Å². The van der Waals surface area contributed by atoms with Gasteiger partial charge in [0.05, 0.1) is 5.75 Å². The van der Waals surface area contributed by atoms with Crippen molar-refractivity contribution < 1.29 is 13.2 Å². The first-order valence-corrected chi connectivity index (χ1v) is 9.10. The zero-order valence-corrected chi connectivity index (χ0v) is 13.4. The number of sulfonamides is 1. The van der Waals surface area contributed by atoms with Gasteiger partial charge in [-0.3, -0.25) is 4.79 Å². The van der Waals surface area contributed by atoms with Crippen LogP contribution < -0.4 is 10.0 Å². The van der Waals surface area contributed by atoms with Crippen LogP contribution in [0.2, 0.25) is 0 Å². The van der Waals surface area contributed by atoms with Crippen molar-refractivity contribution in [1.82, 2.24) is 4.72 Å². The minimum Gasteiger partial charge on any atom is -0.326 e. The Hall–Kier alpha value is -2.18. The van der Waals surface area contributed by atoms with Gasteiger partial charge in [0.25, 0.3) is 0 Å². The summed E-state index contributed by atoms with van der Waals surface area (Å²) in [5.41, 5.74) is 3.51. The first-order chi connectivity index (χ1) is 11.0. The van der Waals surface area contributed by atoms with E-state index in [1.54, 1.807) is 12.1 Å². The molecule has 0 atom stereocenters. The van der Waals surface area contributed by atoms with E-state index in [1.807, 2.05) is 36.4 Å². The van der Waals surface area contributed by atoms with Gasteiger partial charge in [-0.2, -0.15) is 0 Å². The number of anilines is 1. The van der Waals surface area contributed by atoms with Crippen molar-refractivity contribution in [2.45, 2.75) is 25.1 Å². The Morgan fingerprint density at radius 3 is 2.57 bits per heavy atom. The second-order valence-electron chi connectivity index (χ2n) is 5.61. The van der Waals surface area contributed by atoms with E-state index in [-0.39, 0.29) is 18.2 Å². The van der Waals surface area contributed by atoms with Gasteiger partial charge >= 0.3 is 0 Å². The molecule has 2 N–H and O–H groups in total. The van der Waals surface area contributed by atoms with Crippen LogP contribution in [0.25, 0.3) is 0 Å². The number of hydrogen-bond acceptors (Lipinski definition) is 3. The number of aryl methyl sites for hydroxylation is 1. The number of amides is 1. The van der Waals surface area contributed by atoms with Crippen LogP contribution in [0, 0.1) is 0 Å². The smallest absolute Gasteiger partial charge is 0.224 e. The first kappa shape index (κ1) is 15.7. The largest absolute Gasteiger partial charge is 0.326 e. The van der Waals surface area contributed by atoms with Crippen LogP contribution in [0.3, 0.4) is 0 Å². The van der Waals surface area contributed by atoms with Crippen LogP contribution in [0.1, 0.15) is 23.1 Å². The minimum atomic E-state index is -3.38. The van der Waals surface area contributed by atoms with Crippen LogP contribution in [0.4, 0.5) is 5.69 Å². The zero-order chi connectivity index (χ0) is 16.3. The molecule has 0 fully saturated rings. The maximum Gasteiger partial charge on any atom is 0.224 e. The number of carbonyl (C=O) groups excluding carboxylic acids is 1. The van der Waals surface area contributed by atoms with E-state index < -0.39 is 10.0 Å². The SMILES string of the molecule is O=C1CCc2cc(CNS(=O)(=O)Cc3ccccc3)ccc2N1. The number of nitrogens with one attached hydrogen (secondary N) is 2. The molecule has 23 heavy (non-hydrogen) atoms. The average molecular weight is 330 g/mol. The molecule has 0 saturated heterocycles. The van der Waals surface area contributed by atoms with E-state index in [9.17, 15) is 13.2 Å². The van der Waals surface area contributed by atoms with Gasteiger partial charge in [0.1, 0.15) is 0 Å². The highest BCUT2D eigenvalue weighted by molar-refractivity contribution is 7.88. The Morgan fingerprint density at radius 2 is 1.78 bits per heavy atom. The molecule has 1 aliphatic heterocycles. The van der Waals surface area contributed by atoms with Crippen molar-refractivity contribution in [2.24, 2.45) is 0 Å². The molecule has 0 unspecified atom stereocenters. The maximum absolute atomic E-state index is 12.1. The topological polar surface area (TPSA) is 75.3 Å². The third kappa shape index (κ3) is 4.18. The summed E-state index contributed by atoms with van der Waals surface area (Å²) in [4.78, 5) is 11.3. The van der Waals surface area contributed by atoms with E-state index >= 15 is 0 Å². The van der Waals surface area contributed by atoms with Gasteiger partial charge in [-0.15, -0.1) is 0 Å². The Balaban J connectivity index is 1.65. The molecule has 0 aromatic heterocycles. The molecular formula is C17H18N2O3S. The summed E-state index contributed by atoms with van der Waals surface area (Å²) in [5, 5.41) is 2.81. The van der Waals surface area contributed by atoms with E-state index in [0.29, 0.717) is 12.8 Å². The van der Waals surface area contributed by atoms with Crippen molar-refractivity contribution in [3.8, 4) is 0 Å². The van der Waals surface area contributed by atoms with Crippen LogP contribution in [0.5, 0.6) is 0 Å². The molecule has 0 radical (unpaired) electrons. The first-order valence-electron chi connectivity index (χ1n) is 7.45. The average Bonchev–Trinajstić information content (AvgIpc) is 2.53. The number of hydrogen-bond donors (Lipinski definition) is 2. The van der Waals surface area contributed by atoms with Crippen LogP contribution >= 0.6 is 0 Å². The lowest BCUT2D eigenvalue weighted by molar-refractivity contribution is -0.116. The van der Waals surface area contributed by atoms with Crippen molar-refractivity contribution in [2.75, 3.05) is 5.32 Å². The maximum atomic E-state index is 12.1. The molecule has 1 heterocycles. The van der Waals surface area contributed by atoms with Crippen molar-refractivity contribution >= 4 is 21.6 Å². The summed E-state index contributed by atoms with van der Waals surface area (Å²) in [6.07, 6.45) is 1.15. The molecule has 0 spiro atoms. The van der Waals surface area contributed by atoms with Crippen LogP contribution in [-0.4, -0.2) is 14.3 Å². The van der Waals surface area contributed by atoms with Crippen molar-refractivity contribution in [1.29, 1.82) is 0 Å². The quantitative estimate of drug-likeness (QED) is 0.882. The summed E-state index contributed by atoms with van der Waals surface area (Å²) in [7, 11) is -3.38. The lowest BCUT2D eigenvalue weighted by atomic mass is 10.0. The highest BCUT2D eigenvalue weighted by atomic mass is 32.2. The molecule has 1 aliphatic rings. The summed E-state index contributed by atoms with van der Waals surface area (Å²) in [6.45, 7) is 0.246. The Morgan fingerprint density at radius 1 is 1.00 bits per heavy atom. The standard InChI is InChI=1S/C17H18N2O3S/c20-17-9-7-15-10-14(6-8-16(15)19-17)11-18-23(21,22)12-13-4-2-1-3-5-13/h1-6,8,10,18H,7,9,11-12H2,(H,19,20). The van der Waals surface area contributed by atoms with E-state index in [1.165, 1.54) is 0 Å². The van der Waals surface area contributed by atoms with Crippen LogP contribution in [-0.2, 0) is 33.5 Å². The van der Waals surface area contributed by atoms with E-state index in [4.69, 9.17) is 0 Å². The number of benzene rings is 2. The minimum absolute atomic E-state index is 0.0220. The molecule has 0 aliphatic carbocycles. The highest BCUT2D eigenvalue weighted by Crippen LogP contribution is 2.23. The molecule has 120 valence electrons. The Bertz CT molecular complexity index is 817. The molecule has 0 saturated carbocycles. The summed E-state index contributed by atoms with van der Waals surface area (Å²) in [6, 6.07) is 14.7. The Labute approximate surface area is 135 Å². The predicted octanol–water partition coefficient (Wildman–Crippen LogP) is 2.19. The molecule has 5 nitrogen and oxygen atoms in total. The fraction of sp³-hybridized carbons (Fsp3) is 0.235. The third-order valence-electron chi connectivity index (χ3n) is 3.76. The third-order valence-corrected chi connectivity index (χ3v) is 5.06. The monoisotopic (exact) mass is 330 g/mol. The number of carbonyl (C=O) groups is 1.